The number of benzene rings is 2. The minimum atomic E-state index is -0.0825. The van der Waals surface area contributed by atoms with E-state index in [4.69, 9.17) is 9.47 Å². The van der Waals surface area contributed by atoms with Crippen molar-refractivity contribution in [2.45, 2.75) is 26.2 Å². The zero-order valence-electron chi connectivity index (χ0n) is 21.8. The molecule has 3 aromatic rings. The van der Waals surface area contributed by atoms with Gasteiger partial charge in [0.1, 0.15) is 5.69 Å². The molecule has 9 heteroatoms. The molecule has 2 amide bonds. The van der Waals surface area contributed by atoms with Crippen LogP contribution in [0.3, 0.4) is 0 Å². The summed E-state index contributed by atoms with van der Waals surface area (Å²) in [5.74, 6) is 1.35. The minimum absolute atomic E-state index is 0.0753. The lowest BCUT2D eigenvalue weighted by atomic mass is 9.95. The molecule has 1 fully saturated rings. The van der Waals surface area contributed by atoms with E-state index < -0.39 is 0 Å². The molecule has 8 nitrogen and oxygen atoms in total. The van der Waals surface area contributed by atoms with Gasteiger partial charge in [-0.15, -0.1) is 11.3 Å². The van der Waals surface area contributed by atoms with Gasteiger partial charge in [-0.25, -0.2) is 4.98 Å². The number of anilines is 2. The van der Waals surface area contributed by atoms with Gasteiger partial charge in [0.2, 0.25) is 5.91 Å². The first-order chi connectivity index (χ1) is 17.9. The highest BCUT2D eigenvalue weighted by Crippen LogP contribution is 2.28. The predicted octanol–water partition coefficient (Wildman–Crippen LogP) is 4.77. The lowest BCUT2D eigenvalue weighted by Crippen LogP contribution is -2.44. The molecular weight excluding hydrogens is 488 g/mol. The third kappa shape index (κ3) is 6.60. The summed E-state index contributed by atoms with van der Waals surface area (Å²) >= 11 is 1.41. The van der Waals surface area contributed by atoms with Gasteiger partial charge in [0.05, 0.1) is 14.2 Å². The van der Waals surface area contributed by atoms with E-state index in [0.29, 0.717) is 54.8 Å². The second-order valence-corrected chi connectivity index (χ2v) is 10.2. The van der Waals surface area contributed by atoms with Crippen molar-refractivity contribution in [3.05, 3.63) is 64.7 Å². The molecule has 0 bridgehead atoms. The number of piperidine rings is 1. The first-order valence-corrected chi connectivity index (χ1v) is 13.3. The Hall–Kier alpha value is -3.59. The molecule has 0 radical (unpaired) electrons. The highest BCUT2D eigenvalue weighted by atomic mass is 32.1. The third-order valence-corrected chi connectivity index (χ3v) is 7.48. The number of aryl methyl sites for hydroxylation is 1. The summed E-state index contributed by atoms with van der Waals surface area (Å²) in [4.78, 5) is 34.1. The molecule has 1 saturated heterocycles. The summed E-state index contributed by atoms with van der Waals surface area (Å²) < 4.78 is 10.7. The molecule has 0 aliphatic carbocycles. The number of likely N-dealkylation sites (tertiary alicyclic amines) is 1. The summed E-state index contributed by atoms with van der Waals surface area (Å²) in [7, 11) is 5.07. The molecule has 4 rings (SSSR count). The predicted molar refractivity (Wildman–Crippen MR) is 146 cm³/mol. The van der Waals surface area contributed by atoms with Gasteiger partial charge in [0.15, 0.2) is 16.6 Å². The zero-order valence-corrected chi connectivity index (χ0v) is 22.6. The van der Waals surface area contributed by atoms with Crippen LogP contribution >= 0.6 is 11.3 Å². The fraction of sp³-hybridized carbons (Fsp3) is 0.393. The number of nitrogens with one attached hydrogen (secondary N) is 1. The van der Waals surface area contributed by atoms with Crippen LogP contribution in [0.25, 0.3) is 0 Å². The van der Waals surface area contributed by atoms with Crippen molar-refractivity contribution in [2.75, 3.05) is 46.2 Å². The summed E-state index contributed by atoms with van der Waals surface area (Å²) in [5, 5.41) is 5.73. The van der Waals surface area contributed by atoms with Gasteiger partial charge in [0.25, 0.3) is 5.91 Å². The molecule has 0 spiro atoms. The van der Waals surface area contributed by atoms with Crippen LogP contribution in [0.4, 0.5) is 10.8 Å². The summed E-state index contributed by atoms with van der Waals surface area (Å²) in [6.07, 6.45) is 2.04. The molecule has 196 valence electrons. The number of carbonyl (C=O) groups excluding carboxylic acids is 2. The largest absolute Gasteiger partial charge is 0.493 e. The molecule has 37 heavy (non-hydrogen) atoms. The van der Waals surface area contributed by atoms with Crippen LogP contribution in [-0.2, 0) is 11.2 Å². The third-order valence-electron chi connectivity index (χ3n) is 6.72. The fourth-order valence-corrected chi connectivity index (χ4v) is 5.14. The van der Waals surface area contributed by atoms with Gasteiger partial charge in [-0.05, 0) is 56.0 Å². The van der Waals surface area contributed by atoms with E-state index >= 15 is 0 Å². The number of ether oxygens (including phenoxy) is 2. The molecule has 1 aliphatic heterocycles. The zero-order chi connectivity index (χ0) is 26.4. The van der Waals surface area contributed by atoms with Gasteiger partial charge in [-0.2, -0.15) is 0 Å². The Morgan fingerprint density at radius 2 is 1.78 bits per heavy atom. The second kappa shape index (κ2) is 12.1. The first-order valence-electron chi connectivity index (χ1n) is 12.4. The van der Waals surface area contributed by atoms with Crippen molar-refractivity contribution in [3.63, 3.8) is 0 Å². The van der Waals surface area contributed by atoms with Crippen molar-refractivity contribution < 1.29 is 19.1 Å². The van der Waals surface area contributed by atoms with Crippen LogP contribution in [0.1, 0.15) is 34.5 Å². The van der Waals surface area contributed by atoms with Crippen molar-refractivity contribution in [1.82, 2.24) is 14.8 Å². The minimum Gasteiger partial charge on any atom is -0.493 e. The topological polar surface area (TPSA) is 84.0 Å². The summed E-state index contributed by atoms with van der Waals surface area (Å²) in [6.45, 7) is 3.76. The van der Waals surface area contributed by atoms with Gasteiger partial charge in [-0.1, -0.05) is 23.8 Å². The quantitative estimate of drug-likeness (QED) is 0.436. The Balaban J connectivity index is 1.25. The number of rotatable bonds is 9. The SMILES string of the molecule is COc1ccc(CCN(C)C(=O)C2CCN(C(=O)c3csc(Nc4ccc(C)cc4)n3)CC2)cc1OC. The number of hydrogen-bond acceptors (Lipinski definition) is 7. The highest BCUT2D eigenvalue weighted by molar-refractivity contribution is 7.14. The molecule has 0 atom stereocenters. The average Bonchev–Trinajstić information content (AvgIpc) is 3.40. The van der Waals surface area contributed by atoms with Crippen LogP contribution < -0.4 is 14.8 Å². The Morgan fingerprint density at radius 1 is 1.08 bits per heavy atom. The molecule has 2 aromatic carbocycles. The average molecular weight is 523 g/mol. The highest BCUT2D eigenvalue weighted by Gasteiger charge is 2.30. The first kappa shape index (κ1) is 26.5. The Kier molecular flexibility index (Phi) is 8.66. The number of carbonyl (C=O) groups is 2. The second-order valence-electron chi connectivity index (χ2n) is 9.29. The van der Waals surface area contributed by atoms with E-state index in [1.165, 1.54) is 16.9 Å². The molecule has 1 N–H and O–H groups in total. The molecular formula is C28H34N4O4S. The van der Waals surface area contributed by atoms with Crippen LogP contribution in [0.15, 0.2) is 47.8 Å². The Morgan fingerprint density at radius 3 is 2.46 bits per heavy atom. The van der Waals surface area contributed by atoms with E-state index in [9.17, 15) is 9.59 Å². The number of likely N-dealkylation sites (N-methyl/N-ethyl adjacent to an activating group) is 1. The van der Waals surface area contributed by atoms with E-state index in [2.05, 4.69) is 10.3 Å². The normalized spacial score (nSPS) is 13.8. The molecule has 0 saturated carbocycles. The molecule has 1 aliphatic rings. The molecule has 0 unspecified atom stereocenters. The molecule has 2 heterocycles. The maximum atomic E-state index is 13.0. The van der Waals surface area contributed by atoms with E-state index in [-0.39, 0.29) is 17.7 Å². The van der Waals surface area contributed by atoms with Gasteiger partial charge < -0.3 is 24.6 Å². The maximum absolute atomic E-state index is 13.0. The number of aromatic nitrogens is 1. The van der Waals surface area contributed by atoms with E-state index in [0.717, 1.165) is 17.7 Å². The number of nitrogens with zero attached hydrogens (tertiary/aromatic N) is 3. The number of thiazole rings is 1. The van der Waals surface area contributed by atoms with Crippen LogP contribution in [0, 0.1) is 12.8 Å². The smallest absolute Gasteiger partial charge is 0.273 e. The van der Waals surface area contributed by atoms with Gasteiger partial charge in [-0.3, -0.25) is 9.59 Å². The Labute approximate surface area is 222 Å². The van der Waals surface area contributed by atoms with Crippen molar-refractivity contribution >= 4 is 34.0 Å². The lowest BCUT2D eigenvalue weighted by Gasteiger charge is -2.33. The van der Waals surface area contributed by atoms with Crippen LogP contribution in [-0.4, -0.2) is 67.5 Å². The fourth-order valence-electron chi connectivity index (χ4n) is 4.44. The number of hydrogen-bond donors (Lipinski definition) is 1. The summed E-state index contributed by atoms with van der Waals surface area (Å²) in [6, 6.07) is 13.9. The standard InChI is InChI=1S/C28H34N4O4S/c1-19-5-8-22(9-6-19)29-28-30-23(18-37-28)27(34)32-15-12-21(13-16-32)26(33)31(2)14-11-20-7-10-24(35-3)25(17-20)36-4/h5-10,17-18,21H,11-16H2,1-4H3,(H,29,30). The van der Waals surface area contributed by atoms with Gasteiger partial charge >= 0.3 is 0 Å². The summed E-state index contributed by atoms with van der Waals surface area (Å²) in [5.41, 5.74) is 3.65. The van der Waals surface area contributed by atoms with Crippen molar-refractivity contribution in [2.24, 2.45) is 5.92 Å². The van der Waals surface area contributed by atoms with Gasteiger partial charge in [0, 0.05) is 43.7 Å². The lowest BCUT2D eigenvalue weighted by molar-refractivity contribution is -0.135. The number of methoxy groups -OCH3 is 2. The van der Waals surface area contributed by atoms with E-state index in [1.54, 1.807) is 29.4 Å². The molecule has 1 aromatic heterocycles. The van der Waals surface area contributed by atoms with Crippen LogP contribution in [0.2, 0.25) is 0 Å². The van der Waals surface area contributed by atoms with Crippen LogP contribution in [0.5, 0.6) is 11.5 Å². The van der Waals surface area contributed by atoms with Crippen molar-refractivity contribution in [1.29, 1.82) is 0 Å². The maximum Gasteiger partial charge on any atom is 0.273 e. The monoisotopic (exact) mass is 522 g/mol. The number of amides is 2. The Bertz CT molecular complexity index is 1220. The van der Waals surface area contributed by atoms with Crippen molar-refractivity contribution in [3.8, 4) is 11.5 Å². The van der Waals surface area contributed by atoms with E-state index in [1.807, 2.05) is 56.4 Å².